The van der Waals surface area contributed by atoms with Gasteiger partial charge in [0.2, 0.25) is 0 Å². The molecule has 0 aliphatic carbocycles. The van der Waals surface area contributed by atoms with E-state index in [0.717, 1.165) is 0 Å². The van der Waals surface area contributed by atoms with Gasteiger partial charge in [-0.3, -0.25) is 9.11 Å². The number of rotatable bonds is 5. The van der Waals surface area contributed by atoms with Crippen LogP contribution in [-0.2, 0) is 33.9 Å². The first-order chi connectivity index (χ1) is 8.94. The topological polar surface area (TPSA) is 197 Å². The number of aliphatic hydroxyl groups excluding tert-OH is 3. The third kappa shape index (κ3) is 4.85. The van der Waals surface area contributed by atoms with Crippen LogP contribution in [0, 0.1) is 0 Å². The highest BCUT2D eigenvalue weighted by Gasteiger charge is 2.49. The Hall–Kier alpha value is -0.420. The van der Waals surface area contributed by atoms with Crippen molar-refractivity contribution in [2.75, 3.05) is 6.61 Å². The van der Waals surface area contributed by atoms with Gasteiger partial charge < -0.3 is 20.1 Å². The predicted octanol–water partition coefficient (Wildman–Crippen LogP) is -3.57. The lowest BCUT2D eigenvalue weighted by Gasteiger charge is -2.39. The van der Waals surface area contributed by atoms with E-state index >= 15 is 0 Å². The molecule has 20 heavy (non-hydrogen) atoms. The van der Waals surface area contributed by atoms with Crippen molar-refractivity contribution in [3.05, 3.63) is 0 Å². The van der Waals surface area contributed by atoms with E-state index in [1.54, 1.807) is 0 Å². The van der Waals surface area contributed by atoms with Gasteiger partial charge in [-0.05, 0) is 0 Å². The molecule has 0 aromatic heterocycles. The fraction of sp³-hybridized carbons (Fsp3) is 1.00. The van der Waals surface area contributed by atoms with Crippen LogP contribution in [-0.4, -0.2) is 78.6 Å². The second-order valence-corrected chi connectivity index (χ2v) is 5.81. The molecule has 1 aliphatic rings. The van der Waals surface area contributed by atoms with Gasteiger partial charge in [0.1, 0.15) is 18.3 Å². The fourth-order valence-corrected chi connectivity index (χ4v) is 2.54. The van der Waals surface area contributed by atoms with Crippen molar-refractivity contribution in [3.8, 4) is 0 Å². The summed E-state index contributed by atoms with van der Waals surface area (Å²) in [5, 5.41) is 27.9. The minimum Gasteiger partial charge on any atom is -0.394 e. The van der Waals surface area contributed by atoms with Gasteiger partial charge >= 0.3 is 20.8 Å². The molecule has 0 amide bonds. The van der Waals surface area contributed by atoms with Gasteiger partial charge in [0.15, 0.2) is 12.4 Å². The first kappa shape index (κ1) is 17.6. The molecule has 1 rings (SSSR count). The Morgan fingerprint density at radius 1 is 0.950 bits per heavy atom. The standard InChI is InChI=1S/C6H12O12S2/c7-1-2-3(8)4(17-19(10,11)12)5(6(9)16-2)18-20(13,14)15/h2-9H,1H2,(H,10,11,12)(H,13,14,15)/t2-,3-,4+,5-,6+/m1/s1. The molecule has 5 N–H and O–H groups in total. The smallest absolute Gasteiger partial charge is 0.394 e. The minimum atomic E-state index is -5.16. The number of hydrogen-bond acceptors (Lipinski definition) is 10. The normalized spacial score (nSPS) is 36.0. The van der Waals surface area contributed by atoms with Crippen molar-refractivity contribution in [1.29, 1.82) is 0 Å². The molecule has 1 heterocycles. The third-order valence-electron chi connectivity index (χ3n) is 2.28. The van der Waals surface area contributed by atoms with E-state index in [0.29, 0.717) is 0 Å². The lowest BCUT2D eigenvalue weighted by molar-refractivity contribution is -0.276. The highest BCUT2D eigenvalue weighted by molar-refractivity contribution is 7.81. The van der Waals surface area contributed by atoms with E-state index in [9.17, 15) is 27.0 Å². The quantitative estimate of drug-likeness (QED) is 0.309. The van der Waals surface area contributed by atoms with Crippen LogP contribution in [0.15, 0.2) is 0 Å². The van der Waals surface area contributed by atoms with E-state index < -0.39 is 58.1 Å². The molecule has 1 saturated heterocycles. The molecule has 1 fully saturated rings. The van der Waals surface area contributed by atoms with Gasteiger partial charge in [0, 0.05) is 0 Å². The zero-order chi connectivity index (χ0) is 15.7. The monoisotopic (exact) mass is 340 g/mol. The maximum absolute atomic E-state index is 10.6. The summed E-state index contributed by atoms with van der Waals surface area (Å²) in [7, 11) is -10.3. The molecule has 120 valence electrons. The molecule has 0 aromatic carbocycles. The molecule has 0 saturated carbocycles. The van der Waals surface area contributed by atoms with Crippen molar-refractivity contribution in [1.82, 2.24) is 0 Å². The maximum Gasteiger partial charge on any atom is 0.397 e. The average Bonchev–Trinajstić information content (AvgIpc) is 2.25. The second-order valence-electron chi connectivity index (χ2n) is 3.72. The highest BCUT2D eigenvalue weighted by Crippen LogP contribution is 2.26. The average molecular weight is 340 g/mol. The van der Waals surface area contributed by atoms with Crippen molar-refractivity contribution < 1.29 is 54.4 Å². The first-order valence-corrected chi connectivity index (χ1v) is 7.61. The highest BCUT2D eigenvalue weighted by atomic mass is 32.3. The van der Waals surface area contributed by atoms with E-state index in [2.05, 4.69) is 13.1 Å². The Morgan fingerprint density at radius 2 is 1.40 bits per heavy atom. The Labute approximate surface area is 113 Å². The molecule has 0 aromatic rings. The molecule has 0 bridgehead atoms. The Balaban J connectivity index is 3.09. The van der Waals surface area contributed by atoms with Gasteiger partial charge in [-0.25, -0.2) is 8.37 Å². The molecule has 0 unspecified atom stereocenters. The summed E-state index contributed by atoms with van der Waals surface area (Å²) < 4.78 is 71.9. The Morgan fingerprint density at radius 3 is 1.80 bits per heavy atom. The summed E-state index contributed by atoms with van der Waals surface area (Å²) in [4.78, 5) is 0. The SMILES string of the molecule is O=S(=O)(O)O[C@@H]1[C@@H](OS(=O)(=O)O)[C@H](O)[C@@H](CO)O[C@@H]1O. The molecule has 14 heteroatoms. The van der Waals surface area contributed by atoms with Crippen LogP contribution < -0.4 is 0 Å². The molecule has 1 aliphatic heterocycles. The van der Waals surface area contributed by atoms with E-state index in [-0.39, 0.29) is 0 Å². The van der Waals surface area contributed by atoms with Crippen LogP contribution in [0.1, 0.15) is 0 Å². The van der Waals surface area contributed by atoms with Crippen LogP contribution in [0.3, 0.4) is 0 Å². The molecule has 12 nitrogen and oxygen atoms in total. The van der Waals surface area contributed by atoms with Crippen LogP contribution in [0.5, 0.6) is 0 Å². The van der Waals surface area contributed by atoms with E-state index in [4.69, 9.17) is 14.2 Å². The van der Waals surface area contributed by atoms with Gasteiger partial charge in [-0.2, -0.15) is 16.8 Å². The molecule has 0 spiro atoms. The summed E-state index contributed by atoms with van der Waals surface area (Å²) in [6, 6.07) is 0. The minimum absolute atomic E-state index is 0.887. The summed E-state index contributed by atoms with van der Waals surface area (Å²) >= 11 is 0. The number of ether oxygens (including phenoxy) is 1. The zero-order valence-electron chi connectivity index (χ0n) is 9.50. The fourth-order valence-electron chi connectivity index (χ4n) is 1.55. The van der Waals surface area contributed by atoms with Crippen LogP contribution in [0.2, 0.25) is 0 Å². The van der Waals surface area contributed by atoms with Gasteiger partial charge in [-0.15, -0.1) is 0 Å². The summed E-state index contributed by atoms with van der Waals surface area (Å²) in [6.45, 7) is -0.887. The van der Waals surface area contributed by atoms with Crippen LogP contribution >= 0.6 is 0 Å². The van der Waals surface area contributed by atoms with Crippen molar-refractivity contribution in [2.45, 2.75) is 30.7 Å². The Kier molecular flexibility index (Phi) is 5.41. The van der Waals surface area contributed by atoms with Crippen molar-refractivity contribution in [3.63, 3.8) is 0 Å². The largest absolute Gasteiger partial charge is 0.397 e. The van der Waals surface area contributed by atoms with Gasteiger partial charge in [-0.1, -0.05) is 0 Å². The van der Waals surface area contributed by atoms with Crippen LogP contribution in [0.4, 0.5) is 0 Å². The van der Waals surface area contributed by atoms with Crippen LogP contribution in [0.25, 0.3) is 0 Å². The van der Waals surface area contributed by atoms with E-state index in [1.807, 2.05) is 0 Å². The third-order valence-corrected chi connectivity index (χ3v) is 3.21. The first-order valence-electron chi connectivity index (χ1n) is 4.88. The molecular weight excluding hydrogens is 328 g/mol. The lowest BCUT2D eigenvalue weighted by Crippen LogP contribution is -2.61. The van der Waals surface area contributed by atoms with E-state index in [1.165, 1.54) is 0 Å². The van der Waals surface area contributed by atoms with Crippen molar-refractivity contribution >= 4 is 20.8 Å². The predicted molar refractivity (Wildman–Crippen MR) is 56.8 cm³/mol. The maximum atomic E-state index is 10.6. The number of aliphatic hydroxyl groups is 3. The molecule has 0 radical (unpaired) electrons. The van der Waals surface area contributed by atoms with Crippen molar-refractivity contribution in [2.24, 2.45) is 0 Å². The Bertz CT molecular complexity index is 524. The molecule has 5 atom stereocenters. The zero-order valence-corrected chi connectivity index (χ0v) is 11.1. The summed E-state index contributed by atoms with van der Waals surface area (Å²) in [6.07, 6.45) is -10.1. The number of hydrogen-bond donors (Lipinski definition) is 5. The van der Waals surface area contributed by atoms with Gasteiger partial charge in [0.25, 0.3) is 0 Å². The summed E-state index contributed by atoms with van der Waals surface area (Å²) in [5.74, 6) is 0. The molecular formula is C6H12O12S2. The van der Waals surface area contributed by atoms with Gasteiger partial charge in [0.05, 0.1) is 6.61 Å². The summed E-state index contributed by atoms with van der Waals surface area (Å²) in [5.41, 5.74) is 0. The lowest BCUT2D eigenvalue weighted by atomic mass is 9.99. The second kappa shape index (κ2) is 6.14.